The number of aromatic nitrogens is 1. The summed E-state index contributed by atoms with van der Waals surface area (Å²) < 4.78 is 0. The van der Waals surface area contributed by atoms with Gasteiger partial charge in [0.2, 0.25) is 5.88 Å². The number of nitrogens with one attached hydrogen (secondary N) is 1. The van der Waals surface area contributed by atoms with Gasteiger partial charge in [-0.25, -0.2) is 0 Å². The van der Waals surface area contributed by atoms with Gasteiger partial charge < -0.3 is 10.1 Å². The lowest BCUT2D eigenvalue weighted by molar-refractivity contribution is 0.460. The molecule has 0 atom stereocenters. The zero-order valence-electron chi connectivity index (χ0n) is 6.41. The Labute approximate surface area is 78.1 Å². The number of halogens is 1. The van der Waals surface area contributed by atoms with Gasteiger partial charge in [0.15, 0.2) is 5.69 Å². The first-order valence-corrected chi connectivity index (χ1v) is 3.94. The zero-order valence-corrected chi connectivity index (χ0v) is 7.17. The molecular weight excluding hydrogens is 192 g/mol. The van der Waals surface area contributed by atoms with E-state index in [9.17, 15) is 10.0 Å². The van der Waals surface area contributed by atoms with Gasteiger partial charge in [-0.2, -0.15) is 0 Å². The molecule has 0 bridgehead atoms. The number of rotatable bonds is 1. The van der Waals surface area contributed by atoms with Crippen molar-refractivity contribution in [1.82, 2.24) is 4.98 Å². The number of hydrogen-bond acceptors (Lipinski definition) is 3. The molecule has 0 amide bonds. The maximum absolute atomic E-state index is 10.4. The van der Waals surface area contributed by atoms with Crippen LogP contribution < -0.4 is 0 Å². The van der Waals surface area contributed by atoms with Crippen molar-refractivity contribution >= 4 is 28.2 Å². The third-order valence-corrected chi connectivity index (χ3v) is 2.13. The van der Waals surface area contributed by atoms with E-state index in [4.69, 9.17) is 11.6 Å². The molecule has 0 aliphatic rings. The fourth-order valence-electron chi connectivity index (χ4n) is 1.26. The highest BCUT2D eigenvalue weighted by atomic mass is 35.5. The maximum atomic E-state index is 10.4. The van der Waals surface area contributed by atoms with Gasteiger partial charge in [0.25, 0.3) is 0 Å². The fraction of sp³-hybridized carbons (Fsp3) is 0. The smallest absolute Gasteiger partial charge is 0.219 e. The molecule has 1 aromatic carbocycles. The van der Waals surface area contributed by atoms with Gasteiger partial charge >= 0.3 is 0 Å². The minimum Gasteiger partial charge on any atom is -0.493 e. The number of aromatic amines is 1. The van der Waals surface area contributed by atoms with Crippen LogP contribution in [0.2, 0.25) is 5.02 Å². The van der Waals surface area contributed by atoms with Crippen molar-refractivity contribution in [3.63, 3.8) is 0 Å². The first-order valence-electron chi connectivity index (χ1n) is 3.56. The summed E-state index contributed by atoms with van der Waals surface area (Å²) in [5.41, 5.74) is 0.556. The molecule has 0 spiro atoms. The van der Waals surface area contributed by atoms with Crippen molar-refractivity contribution in [2.24, 2.45) is 5.18 Å². The monoisotopic (exact) mass is 196 g/mol. The molecule has 0 aliphatic carbocycles. The number of aromatic hydroxyl groups is 1. The van der Waals surface area contributed by atoms with Crippen molar-refractivity contribution in [1.29, 1.82) is 0 Å². The first-order chi connectivity index (χ1) is 6.24. The summed E-state index contributed by atoms with van der Waals surface area (Å²) in [5.74, 6) is -0.252. The quantitative estimate of drug-likeness (QED) is 0.689. The van der Waals surface area contributed by atoms with Gasteiger partial charge in [-0.3, -0.25) is 0 Å². The summed E-state index contributed by atoms with van der Waals surface area (Å²) in [7, 11) is 0. The zero-order chi connectivity index (χ0) is 9.42. The minimum absolute atomic E-state index is 0.0411. The molecule has 66 valence electrons. The second kappa shape index (κ2) is 2.74. The highest BCUT2D eigenvalue weighted by molar-refractivity contribution is 6.36. The molecule has 5 heteroatoms. The van der Waals surface area contributed by atoms with E-state index in [1.807, 2.05) is 0 Å². The fourth-order valence-corrected chi connectivity index (χ4v) is 1.53. The summed E-state index contributed by atoms with van der Waals surface area (Å²) in [5, 5.41) is 12.8. The molecule has 2 N–H and O–H groups in total. The predicted molar refractivity (Wildman–Crippen MR) is 50.4 cm³/mol. The molecule has 0 fully saturated rings. The molecule has 1 aromatic heterocycles. The van der Waals surface area contributed by atoms with Gasteiger partial charge in [-0.05, 0) is 17.3 Å². The summed E-state index contributed by atoms with van der Waals surface area (Å²) >= 11 is 5.82. The number of hydrogen-bond donors (Lipinski definition) is 2. The maximum Gasteiger partial charge on any atom is 0.219 e. The van der Waals surface area contributed by atoms with E-state index < -0.39 is 0 Å². The van der Waals surface area contributed by atoms with Crippen molar-refractivity contribution in [3.05, 3.63) is 28.1 Å². The van der Waals surface area contributed by atoms with Crippen LogP contribution in [0, 0.1) is 4.91 Å². The second-order valence-corrected chi connectivity index (χ2v) is 2.98. The van der Waals surface area contributed by atoms with Crippen molar-refractivity contribution < 1.29 is 5.11 Å². The Bertz CT molecular complexity index is 478. The predicted octanol–water partition coefficient (Wildman–Crippen LogP) is 2.92. The van der Waals surface area contributed by atoms with Crippen LogP contribution in [0.4, 0.5) is 5.69 Å². The molecular formula is C8H5ClN2O2. The molecule has 0 aliphatic heterocycles. The number of nitrogens with zero attached hydrogens (tertiary/aromatic N) is 1. The Hall–Kier alpha value is -1.55. The summed E-state index contributed by atoms with van der Waals surface area (Å²) in [6, 6.07) is 5.05. The standard InChI is InChI=1S/C8H5ClN2O2/c9-4-2-1-3-5-6(4)7(11-13)8(12)10-5/h1-3,10,12H. The molecule has 0 radical (unpaired) electrons. The lowest BCUT2D eigenvalue weighted by Gasteiger charge is -1.91. The van der Waals surface area contributed by atoms with Crippen LogP contribution >= 0.6 is 11.6 Å². The third kappa shape index (κ3) is 1.07. The average molecular weight is 197 g/mol. The van der Waals surface area contributed by atoms with Crippen LogP contribution in [-0.2, 0) is 0 Å². The second-order valence-electron chi connectivity index (χ2n) is 2.58. The Morgan fingerprint density at radius 1 is 1.46 bits per heavy atom. The average Bonchev–Trinajstić information content (AvgIpc) is 2.42. The molecule has 2 rings (SSSR count). The van der Waals surface area contributed by atoms with E-state index in [0.717, 1.165) is 0 Å². The van der Waals surface area contributed by atoms with Gasteiger partial charge in [-0.15, -0.1) is 4.91 Å². The van der Waals surface area contributed by atoms with Gasteiger partial charge in [-0.1, -0.05) is 17.7 Å². The largest absolute Gasteiger partial charge is 0.493 e. The van der Waals surface area contributed by atoms with Crippen molar-refractivity contribution in [3.8, 4) is 5.88 Å². The number of nitroso groups, excluding NO2 is 1. The summed E-state index contributed by atoms with van der Waals surface area (Å²) in [6.45, 7) is 0. The normalized spacial score (nSPS) is 10.5. The van der Waals surface area contributed by atoms with Crippen LogP contribution in [0.1, 0.15) is 0 Å². The Kier molecular flexibility index (Phi) is 1.70. The van der Waals surface area contributed by atoms with Crippen molar-refractivity contribution in [2.45, 2.75) is 0 Å². The lowest BCUT2D eigenvalue weighted by atomic mass is 10.2. The van der Waals surface area contributed by atoms with Crippen LogP contribution in [0.25, 0.3) is 10.9 Å². The number of fused-ring (bicyclic) bond motifs is 1. The summed E-state index contributed by atoms with van der Waals surface area (Å²) in [6.07, 6.45) is 0. The van der Waals surface area contributed by atoms with Crippen LogP contribution in [0.5, 0.6) is 5.88 Å². The third-order valence-electron chi connectivity index (χ3n) is 1.82. The van der Waals surface area contributed by atoms with Crippen LogP contribution in [-0.4, -0.2) is 10.1 Å². The molecule has 13 heavy (non-hydrogen) atoms. The van der Waals surface area contributed by atoms with Crippen LogP contribution in [0.3, 0.4) is 0 Å². The Morgan fingerprint density at radius 3 is 2.92 bits per heavy atom. The van der Waals surface area contributed by atoms with Gasteiger partial charge in [0, 0.05) is 0 Å². The SMILES string of the molecule is O=Nc1c(O)[nH]c2cccc(Cl)c12. The minimum atomic E-state index is -0.252. The van der Waals surface area contributed by atoms with E-state index in [0.29, 0.717) is 15.9 Å². The Balaban J connectivity index is 2.96. The first kappa shape index (κ1) is 8.07. The van der Waals surface area contributed by atoms with E-state index in [1.165, 1.54) is 0 Å². The van der Waals surface area contributed by atoms with Gasteiger partial charge in [0.05, 0.1) is 15.9 Å². The topological polar surface area (TPSA) is 65.4 Å². The molecule has 0 unspecified atom stereocenters. The highest BCUT2D eigenvalue weighted by Gasteiger charge is 2.13. The van der Waals surface area contributed by atoms with E-state index >= 15 is 0 Å². The molecule has 0 saturated heterocycles. The van der Waals surface area contributed by atoms with E-state index in [1.54, 1.807) is 18.2 Å². The number of benzene rings is 1. The van der Waals surface area contributed by atoms with Crippen molar-refractivity contribution in [2.75, 3.05) is 0 Å². The Morgan fingerprint density at radius 2 is 2.23 bits per heavy atom. The summed E-state index contributed by atoms with van der Waals surface area (Å²) in [4.78, 5) is 13.0. The molecule has 1 heterocycles. The highest BCUT2D eigenvalue weighted by Crippen LogP contribution is 2.38. The number of H-pyrrole nitrogens is 1. The van der Waals surface area contributed by atoms with E-state index in [2.05, 4.69) is 10.2 Å². The van der Waals surface area contributed by atoms with E-state index in [-0.39, 0.29) is 11.6 Å². The molecule has 2 aromatic rings. The van der Waals surface area contributed by atoms with Crippen LogP contribution in [0.15, 0.2) is 23.4 Å². The lowest BCUT2D eigenvalue weighted by Crippen LogP contribution is -1.67. The molecule has 4 nitrogen and oxygen atoms in total. The molecule has 0 saturated carbocycles. The van der Waals surface area contributed by atoms with Gasteiger partial charge in [0.1, 0.15) is 0 Å².